The Morgan fingerprint density at radius 2 is 2.21 bits per heavy atom. The van der Waals surface area contributed by atoms with Crippen LogP contribution in [-0.2, 0) is 4.79 Å². The molecule has 7 heteroatoms. The lowest BCUT2D eigenvalue weighted by molar-refractivity contribution is -0.384. The molecule has 1 amide bonds. The van der Waals surface area contributed by atoms with Crippen molar-refractivity contribution in [3.05, 3.63) is 33.3 Å². The molecule has 0 aliphatic carbocycles. The van der Waals surface area contributed by atoms with E-state index in [1.165, 1.54) is 18.2 Å². The van der Waals surface area contributed by atoms with Crippen molar-refractivity contribution in [1.82, 2.24) is 0 Å². The molecule has 104 valence electrons. The van der Waals surface area contributed by atoms with Gasteiger partial charge in [-0.3, -0.25) is 14.9 Å². The van der Waals surface area contributed by atoms with Gasteiger partial charge in [0.1, 0.15) is 5.02 Å². The molecule has 1 rings (SSSR count). The van der Waals surface area contributed by atoms with Crippen LogP contribution in [0.15, 0.2) is 18.2 Å². The summed E-state index contributed by atoms with van der Waals surface area (Å²) in [4.78, 5) is 22.1. The maximum atomic E-state index is 12.1. The van der Waals surface area contributed by atoms with Crippen molar-refractivity contribution in [3.8, 4) is 0 Å². The largest absolute Gasteiger partial charge is 0.329 e. The highest BCUT2D eigenvalue weighted by Crippen LogP contribution is 2.28. The van der Waals surface area contributed by atoms with Crippen molar-refractivity contribution in [1.29, 1.82) is 0 Å². The summed E-state index contributed by atoms with van der Waals surface area (Å²) >= 11 is 5.77. The van der Waals surface area contributed by atoms with Crippen LogP contribution in [0.4, 0.5) is 11.4 Å². The summed E-state index contributed by atoms with van der Waals surface area (Å²) in [5, 5.41) is 13.3. The van der Waals surface area contributed by atoms with E-state index in [1.807, 2.05) is 6.92 Å². The second-order valence-electron chi connectivity index (χ2n) is 4.50. The Bertz CT molecular complexity index is 501. The van der Waals surface area contributed by atoms with E-state index in [2.05, 4.69) is 5.32 Å². The van der Waals surface area contributed by atoms with Crippen LogP contribution >= 0.6 is 11.6 Å². The molecule has 1 atom stereocenters. The van der Waals surface area contributed by atoms with E-state index in [0.29, 0.717) is 12.1 Å². The number of benzene rings is 1. The van der Waals surface area contributed by atoms with E-state index in [-0.39, 0.29) is 23.2 Å². The van der Waals surface area contributed by atoms with Crippen molar-refractivity contribution in [2.75, 3.05) is 11.9 Å². The second kappa shape index (κ2) is 5.99. The number of nitrogens with zero attached hydrogens (tertiary/aromatic N) is 1. The first-order valence-corrected chi connectivity index (χ1v) is 6.17. The van der Waals surface area contributed by atoms with Gasteiger partial charge in [0, 0.05) is 18.3 Å². The van der Waals surface area contributed by atoms with Gasteiger partial charge in [0.15, 0.2) is 0 Å². The molecule has 19 heavy (non-hydrogen) atoms. The molecule has 0 aromatic heterocycles. The topological polar surface area (TPSA) is 98.3 Å². The van der Waals surface area contributed by atoms with Gasteiger partial charge in [0.05, 0.1) is 10.3 Å². The molecular formula is C12H16ClN3O3. The standard InChI is InChI=1S/C12H16ClN3O3/c1-3-12(2,7-14)11(17)15-8-4-5-10(16(18)19)9(13)6-8/h4-6H,3,7,14H2,1-2H3,(H,15,17). The lowest BCUT2D eigenvalue weighted by atomic mass is 9.86. The third-order valence-corrected chi connectivity index (χ3v) is 3.48. The quantitative estimate of drug-likeness (QED) is 0.641. The summed E-state index contributed by atoms with van der Waals surface area (Å²) in [6.07, 6.45) is 0.593. The summed E-state index contributed by atoms with van der Waals surface area (Å²) in [6.45, 7) is 3.85. The number of nitrogens with one attached hydrogen (secondary N) is 1. The van der Waals surface area contributed by atoms with Crippen molar-refractivity contribution in [3.63, 3.8) is 0 Å². The zero-order valence-corrected chi connectivity index (χ0v) is 11.5. The molecule has 0 aliphatic rings. The minimum atomic E-state index is -0.672. The second-order valence-corrected chi connectivity index (χ2v) is 4.90. The molecule has 0 aliphatic heterocycles. The first kappa shape index (κ1) is 15.4. The maximum absolute atomic E-state index is 12.1. The Labute approximate surface area is 116 Å². The van der Waals surface area contributed by atoms with Gasteiger partial charge in [0.2, 0.25) is 5.91 Å². The van der Waals surface area contributed by atoms with Gasteiger partial charge in [-0.2, -0.15) is 0 Å². The summed E-state index contributed by atoms with van der Waals surface area (Å²) in [7, 11) is 0. The molecule has 0 radical (unpaired) electrons. The molecule has 1 unspecified atom stereocenters. The zero-order chi connectivity index (χ0) is 14.6. The number of carbonyl (C=O) groups excluding carboxylic acids is 1. The molecule has 0 spiro atoms. The van der Waals surface area contributed by atoms with E-state index in [0.717, 1.165) is 0 Å². The molecule has 0 fully saturated rings. The fourth-order valence-corrected chi connectivity index (χ4v) is 1.66. The average Bonchev–Trinajstić information content (AvgIpc) is 2.37. The van der Waals surface area contributed by atoms with Gasteiger partial charge in [-0.1, -0.05) is 18.5 Å². The lowest BCUT2D eigenvalue weighted by Crippen LogP contribution is -2.39. The number of hydrogen-bond acceptors (Lipinski definition) is 4. The minimum Gasteiger partial charge on any atom is -0.329 e. The number of carbonyl (C=O) groups is 1. The first-order chi connectivity index (χ1) is 8.84. The lowest BCUT2D eigenvalue weighted by Gasteiger charge is -2.24. The van der Waals surface area contributed by atoms with Crippen LogP contribution < -0.4 is 11.1 Å². The zero-order valence-electron chi connectivity index (χ0n) is 10.8. The highest BCUT2D eigenvalue weighted by Gasteiger charge is 2.29. The fourth-order valence-electron chi connectivity index (χ4n) is 1.41. The van der Waals surface area contributed by atoms with Gasteiger partial charge in [-0.05, 0) is 25.5 Å². The van der Waals surface area contributed by atoms with Crippen LogP contribution in [0.2, 0.25) is 5.02 Å². The molecular weight excluding hydrogens is 270 g/mol. The minimum absolute atomic E-state index is 0.0197. The van der Waals surface area contributed by atoms with E-state index in [4.69, 9.17) is 17.3 Å². The van der Waals surface area contributed by atoms with Crippen molar-refractivity contribution in [2.24, 2.45) is 11.1 Å². The van der Waals surface area contributed by atoms with Crippen molar-refractivity contribution in [2.45, 2.75) is 20.3 Å². The molecule has 0 saturated carbocycles. The number of nitro groups is 1. The van der Waals surface area contributed by atoms with E-state index >= 15 is 0 Å². The summed E-state index contributed by atoms with van der Waals surface area (Å²) < 4.78 is 0. The molecule has 0 heterocycles. The van der Waals surface area contributed by atoms with Gasteiger partial charge in [-0.25, -0.2) is 0 Å². The maximum Gasteiger partial charge on any atom is 0.288 e. The van der Waals surface area contributed by atoms with Crippen LogP contribution in [0.25, 0.3) is 0 Å². The van der Waals surface area contributed by atoms with Crippen LogP contribution in [0, 0.1) is 15.5 Å². The van der Waals surface area contributed by atoms with Gasteiger partial charge in [0.25, 0.3) is 5.69 Å². The number of nitrogens with two attached hydrogens (primary N) is 1. The molecule has 0 saturated heterocycles. The Kier molecular flexibility index (Phi) is 4.85. The van der Waals surface area contributed by atoms with Crippen LogP contribution in [0.5, 0.6) is 0 Å². The summed E-state index contributed by atoms with van der Waals surface area (Å²) in [6, 6.07) is 4.04. The SMILES string of the molecule is CCC(C)(CN)C(=O)Nc1ccc([N+](=O)[O-])c(Cl)c1. The Balaban J connectivity index is 2.92. The Hall–Kier alpha value is -1.66. The van der Waals surface area contributed by atoms with Crippen molar-refractivity contribution < 1.29 is 9.72 Å². The smallest absolute Gasteiger partial charge is 0.288 e. The van der Waals surface area contributed by atoms with E-state index in [9.17, 15) is 14.9 Å². The molecule has 1 aromatic carbocycles. The van der Waals surface area contributed by atoms with Gasteiger partial charge < -0.3 is 11.1 Å². The van der Waals surface area contributed by atoms with E-state index in [1.54, 1.807) is 6.92 Å². The molecule has 1 aromatic rings. The summed E-state index contributed by atoms with van der Waals surface area (Å²) in [5.74, 6) is -0.234. The Morgan fingerprint density at radius 3 is 2.63 bits per heavy atom. The predicted molar refractivity (Wildman–Crippen MR) is 74.2 cm³/mol. The van der Waals surface area contributed by atoms with Crippen LogP contribution in [0.3, 0.4) is 0 Å². The number of halogens is 1. The number of anilines is 1. The van der Waals surface area contributed by atoms with Crippen LogP contribution in [-0.4, -0.2) is 17.4 Å². The highest BCUT2D eigenvalue weighted by atomic mass is 35.5. The number of amides is 1. The number of nitro benzene ring substituents is 1. The van der Waals surface area contributed by atoms with Gasteiger partial charge >= 0.3 is 0 Å². The fraction of sp³-hybridized carbons (Fsp3) is 0.417. The predicted octanol–water partition coefficient (Wildman–Crippen LogP) is 2.56. The third kappa shape index (κ3) is 3.42. The average molecular weight is 286 g/mol. The van der Waals surface area contributed by atoms with Crippen LogP contribution in [0.1, 0.15) is 20.3 Å². The third-order valence-electron chi connectivity index (χ3n) is 3.18. The Morgan fingerprint density at radius 1 is 1.58 bits per heavy atom. The molecule has 6 nitrogen and oxygen atoms in total. The summed E-state index contributed by atoms with van der Waals surface area (Å²) in [5.41, 5.74) is 5.13. The van der Waals surface area contributed by atoms with Crippen molar-refractivity contribution >= 4 is 28.9 Å². The molecule has 0 bridgehead atoms. The first-order valence-electron chi connectivity index (χ1n) is 5.79. The highest BCUT2D eigenvalue weighted by molar-refractivity contribution is 6.33. The van der Waals surface area contributed by atoms with E-state index < -0.39 is 10.3 Å². The normalized spacial score (nSPS) is 13.7. The monoisotopic (exact) mass is 285 g/mol. The molecule has 3 N–H and O–H groups in total. The number of rotatable bonds is 5. The number of hydrogen-bond donors (Lipinski definition) is 2. The van der Waals surface area contributed by atoms with Gasteiger partial charge in [-0.15, -0.1) is 0 Å².